The van der Waals surface area contributed by atoms with Gasteiger partial charge >= 0.3 is 0 Å². The number of nitrogens with zero attached hydrogens (tertiary/aromatic N) is 4. The molecule has 8 heteroatoms. The van der Waals surface area contributed by atoms with Gasteiger partial charge in [-0.2, -0.15) is 8.42 Å². The van der Waals surface area contributed by atoms with E-state index in [-0.39, 0.29) is 21.5 Å². The maximum atomic E-state index is 11.6. The molecule has 312 valence electrons. The number of aromatic nitrogens is 2. The molecule has 0 N–H and O–H groups in total. The average molecular weight is 813 g/mol. The number of likely N-dealkylation sites (tertiary alicyclic amines) is 2. The first-order valence-corrected chi connectivity index (χ1v) is 22.4. The fourth-order valence-corrected chi connectivity index (χ4v) is 10.1. The van der Waals surface area contributed by atoms with Gasteiger partial charge in [-0.3, -0.25) is 4.18 Å². The van der Waals surface area contributed by atoms with Crippen LogP contribution in [-0.4, -0.2) is 80.9 Å². The monoisotopic (exact) mass is 812 g/mol. The number of imidazole rings is 1. The molecule has 3 heterocycles. The van der Waals surface area contributed by atoms with E-state index in [2.05, 4.69) is 144 Å². The molecule has 2 saturated heterocycles. The third-order valence-electron chi connectivity index (χ3n) is 12.8. The van der Waals surface area contributed by atoms with Crippen LogP contribution in [0.25, 0.3) is 23.3 Å². The second-order valence-corrected chi connectivity index (χ2v) is 18.2. The van der Waals surface area contributed by atoms with Gasteiger partial charge in [-0.05, 0) is 153 Å². The average Bonchev–Trinajstić information content (AvgIpc) is 3.48. The second-order valence-electron chi connectivity index (χ2n) is 16.6. The standard InChI is InChI=1S/C26H29N3.C23H27NO3S.2CH4/c1-19-27-13-16-29(19)18-22-17-21-7-3-4-9-24(21)26(20-11-14-28(2)15-12-20)25-10-6-5-8-23(22)25;1-24-13-11-17(12-14-24)23-21-9-4-3-7-18(21)15-19(16-27-28(2,25)26)20-8-5-6-10-22(20)23;;/h3-10,13,16-17,20,26H,11-12,14-15,18H2,1-2H3;3-10,15,17,23H,11-14,16H2,1-2H3;2*1H4. The summed E-state index contributed by atoms with van der Waals surface area (Å²) < 4.78 is 30.7. The molecule has 4 aliphatic rings. The Morgan fingerprint density at radius 1 is 0.627 bits per heavy atom. The summed E-state index contributed by atoms with van der Waals surface area (Å²) in [4.78, 5) is 9.30. The van der Waals surface area contributed by atoms with Gasteiger partial charge in [0.05, 0.1) is 12.9 Å². The van der Waals surface area contributed by atoms with Crippen LogP contribution in [-0.2, 0) is 20.8 Å². The molecule has 59 heavy (non-hydrogen) atoms. The Balaban J connectivity index is 0.000000192. The molecule has 9 rings (SSSR count). The van der Waals surface area contributed by atoms with Crippen molar-refractivity contribution in [1.82, 2.24) is 19.4 Å². The van der Waals surface area contributed by atoms with Gasteiger partial charge in [0, 0.05) is 30.8 Å². The molecule has 7 nitrogen and oxygen atoms in total. The SMILES string of the molecule is C.C.CN1CCC(C2c3ccccc3C=C(COS(C)(=O)=O)c3ccccc32)CC1.Cc1nccn1CC1=Cc2ccccc2C(C2CCN(C)CC2)c2ccccc21. The summed E-state index contributed by atoms with van der Waals surface area (Å²) in [6.45, 7) is 7.62. The highest BCUT2D eigenvalue weighted by atomic mass is 32.2. The molecule has 2 fully saturated rings. The van der Waals surface area contributed by atoms with Crippen LogP contribution in [0.4, 0.5) is 0 Å². The molecule has 4 aromatic carbocycles. The summed E-state index contributed by atoms with van der Waals surface area (Å²) in [6.07, 6.45) is 14.5. The van der Waals surface area contributed by atoms with E-state index in [1.807, 2.05) is 18.3 Å². The van der Waals surface area contributed by atoms with Gasteiger partial charge in [0.1, 0.15) is 5.82 Å². The summed E-state index contributed by atoms with van der Waals surface area (Å²) >= 11 is 0. The number of piperidine rings is 2. The Morgan fingerprint density at radius 2 is 1.05 bits per heavy atom. The van der Waals surface area contributed by atoms with Gasteiger partial charge in [-0.1, -0.05) is 112 Å². The lowest BCUT2D eigenvalue weighted by Gasteiger charge is -2.35. The number of rotatable bonds is 7. The van der Waals surface area contributed by atoms with Crippen molar-refractivity contribution < 1.29 is 12.6 Å². The zero-order valence-corrected chi connectivity index (χ0v) is 34.7. The quantitative estimate of drug-likeness (QED) is 0.153. The predicted octanol–water partition coefficient (Wildman–Crippen LogP) is 10.5. The number of aryl methyl sites for hydroxylation is 1. The third-order valence-corrected chi connectivity index (χ3v) is 13.3. The first-order valence-electron chi connectivity index (χ1n) is 20.6. The van der Waals surface area contributed by atoms with Crippen molar-refractivity contribution in [3.63, 3.8) is 0 Å². The van der Waals surface area contributed by atoms with Crippen LogP contribution >= 0.6 is 0 Å². The number of benzene rings is 4. The van der Waals surface area contributed by atoms with Crippen molar-refractivity contribution in [1.29, 1.82) is 0 Å². The van der Waals surface area contributed by atoms with Crippen LogP contribution in [0.2, 0.25) is 0 Å². The molecular weight excluding hydrogens is 749 g/mol. The Bertz CT molecular complexity index is 2360. The first-order chi connectivity index (χ1) is 27.6. The maximum absolute atomic E-state index is 11.6. The minimum Gasteiger partial charge on any atom is -0.331 e. The topological polar surface area (TPSA) is 67.7 Å². The lowest BCUT2D eigenvalue weighted by molar-refractivity contribution is 0.207. The largest absolute Gasteiger partial charge is 0.331 e. The molecule has 0 amide bonds. The van der Waals surface area contributed by atoms with Crippen molar-refractivity contribution in [3.05, 3.63) is 160 Å². The van der Waals surface area contributed by atoms with E-state index in [1.54, 1.807) is 0 Å². The molecule has 5 aromatic rings. The van der Waals surface area contributed by atoms with Crippen molar-refractivity contribution in [2.75, 3.05) is 53.1 Å². The molecule has 0 saturated carbocycles. The number of hydrogen-bond acceptors (Lipinski definition) is 6. The van der Waals surface area contributed by atoms with Crippen molar-refractivity contribution in [2.24, 2.45) is 11.8 Å². The van der Waals surface area contributed by atoms with E-state index in [9.17, 15) is 8.42 Å². The number of fused-ring (bicyclic) bond motifs is 4. The molecule has 2 unspecified atom stereocenters. The van der Waals surface area contributed by atoms with E-state index in [4.69, 9.17) is 4.18 Å². The van der Waals surface area contributed by atoms with Crippen molar-refractivity contribution >= 4 is 33.4 Å². The van der Waals surface area contributed by atoms with E-state index in [0.717, 1.165) is 48.4 Å². The molecule has 0 bridgehead atoms. The molecule has 2 aliphatic carbocycles. The van der Waals surface area contributed by atoms with Crippen molar-refractivity contribution in [3.8, 4) is 0 Å². The van der Waals surface area contributed by atoms with Gasteiger partial charge < -0.3 is 14.4 Å². The normalized spacial score (nSPS) is 19.7. The van der Waals surface area contributed by atoms with Gasteiger partial charge in [-0.15, -0.1) is 0 Å². The van der Waals surface area contributed by atoms with Crippen molar-refractivity contribution in [2.45, 2.75) is 65.8 Å². The first kappa shape index (κ1) is 44.0. The molecule has 2 atom stereocenters. The fraction of sp³-hybridized carbons (Fsp3) is 0.392. The molecule has 2 aliphatic heterocycles. The lowest BCUT2D eigenvalue weighted by atomic mass is 9.74. The summed E-state index contributed by atoms with van der Waals surface area (Å²) in [5.41, 5.74) is 12.9. The highest BCUT2D eigenvalue weighted by Gasteiger charge is 2.34. The van der Waals surface area contributed by atoms with Crippen LogP contribution in [0.1, 0.15) is 103 Å². The minimum atomic E-state index is -3.50. The Labute approximate surface area is 354 Å². The van der Waals surface area contributed by atoms with Gasteiger partial charge in [0.25, 0.3) is 10.1 Å². The van der Waals surface area contributed by atoms with E-state index in [1.165, 1.54) is 77.7 Å². The molecule has 0 spiro atoms. The lowest BCUT2D eigenvalue weighted by Crippen LogP contribution is -2.33. The van der Waals surface area contributed by atoms with Gasteiger partial charge in [-0.25, -0.2) is 4.98 Å². The fourth-order valence-electron chi connectivity index (χ4n) is 9.75. The Kier molecular flexibility index (Phi) is 14.3. The van der Waals surface area contributed by atoms with Crippen LogP contribution in [0, 0.1) is 18.8 Å². The van der Waals surface area contributed by atoms with Crippen LogP contribution in [0.15, 0.2) is 109 Å². The Hall–Kier alpha value is -4.60. The van der Waals surface area contributed by atoms with Crippen LogP contribution < -0.4 is 0 Å². The zero-order chi connectivity index (χ0) is 39.5. The predicted molar refractivity (Wildman–Crippen MR) is 247 cm³/mol. The summed E-state index contributed by atoms with van der Waals surface area (Å²) in [6, 6.07) is 35.1. The van der Waals surface area contributed by atoms with Crippen LogP contribution in [0.3, 0.4) is 0 Å². The number of hydrogen-bond donors (Lipinski definition) is 0. The van der Waals surface area contributed by atoms with Gasteiger partial charge in [0.15, 0.2) is 0 Å². The molecule has 0 radical (unpaired) electrons. The molecule has 1 aromatic heterocycles. The Morgan fingerprint density at radius 3 is 1.51 bits per heavy atom. The van der Waals surface area contributed by atoms with E-state index in [0.29, 0.717) is 23.7 Å². The van der Waals surface area contributed by atoms with Crippen LogP contribution in [0.5, 0.6) is 0 Å². The highest BCUT2D eigenvalue weighted by Crippen LogP contribution is 2.46. The van der Waals surface area contributed by atoms with E-state index < -0.39 is 10.1 Å². The van der Waals surface area contributed by atoms with Gasteiger partial charge in [0.2, 0.25) is 0 Å². The minimum absolute atomic E-state index is 0. The number of allylic oxidation sites excluding steroid dienone is 1. The molecular formula is C51H64N4O3S. The smallest absolute Gasteiger partial charge is 0.264 e. The second kappa shape index (κ2) is 19.2. The highest BCUT2D eigenvalue weighted by molar-refractivity contribution is 7.86. The maximum Gasteiger partial charge on any atom is 0.264 e. The summed E-state index contributed by atoms with van der Waals surface area (Å²) in [7, 11) is 0.934. The van der Waals surface area contributed by atoms with E-state index >= 15 is 0 Å². The summed E-state index contributed by atoms with van der Waals surface area (Å²) in [5, 5.41) is 0. The third kappa shape index (κ3) is 9.90. The zero-order valence-electron chi connectivity index (χ0n) is 33.8. The summed E-state index contributed by atoms with van der Waals surface area (Å²) in [5.74, 6) is 3.10.